The summed E-state index contributed by atoms with van der Waals surface area (Å²) in [4.78, 5) is 20.8. The maximum atomic E-state index is 12.5. The molecule has 0 fully saturated rings. The first kappa shape index (κ1) is 17.2. The van der Waals surface area contributed by atoms with Gasteiger partial charge in [0.05, 0.1) is 15.5 Å². The van der Waals surface area contributed by atoms with Crippen LogP contribution in [0.5, 0.6) is 0 Å². The lowest BCUT2D eigenvalue weighted by Crippen LogP contribution is -2.19. The molecule has 0 atom stereocenters. The van der Waals surface area contributed by atoms with Gasteiger partial charge in [-0.15, -0.1) is 0 Å². The third-order valence-electron chi connectivity index (χ3n) is 3.05. The molecule has 0 spiro atoms. The van der Waals surface area contributed by atoms with Gasteiger partial charge in [0, 0.05) is 17.8 Å². The number of urea groups is 1. The van der Waals surface area contributed by atoms with Crippen molar-refractivity contribution in [2.45, 2.75) is 11.8 Å². The lowest BCUT2D eigenvalue weighted by molar-refractivity contribution is -0.385. The number of nitrogens with two attached hydrogens (primary N) is 1. The van der Waals surface area contributed by atoms with E-state index >= 15 is 0 Å². The molecular formula is C14H14N4O5S. The molecule has 0 saturated heterocycles. The molecule has 0 heterocycles. The Kier molecular flexibility index (Phi) is 4.69. The highest BCUT2D eigenvalue weighted by Crippen LogP contribution is 2.25. The Balaban J connectivity index is 2.37. The monoisotopic (exact) mass is 350 g/mol. The summed E-state index contributed by atoms with van der Waals surface area (Å²) >= 11 is 0. The number of aryl methyl sites for hydroxylation is 1. The molecular weight excluding hydrogens is 336 g/mol. The van der Waals surface area contributed by atoms with Crippen molar-refractivity contribution in [3.8, 4) is 0 Å². The number of nitrogens with zero attached hydrogens (tertiary/aromatic N) is 1. The van der Waals surface area contributed by atoms with Gasteiger partial charge in [0.2, 0.25) is 0 Å². The van der Waals surface area contributed by atoms with Crippen LogP contribution in [-0.2, 0) is 10.0 Å². The topological polar surface area (TPSA) is 144 Å². The predicted molar refractivity (Wildman–Crippen MR) is 88.3 cm³/mol. The first-order valence-electron chi connectivity index (χ1n) is 6.63. The molecule has 0 saturated carbocycles. The van der Waals surface area contributed by atoms with Gasteiger partial charge in [-0.1, -0.05) is 12.1 Å². The third-order valence-corrected chi connectivity index (χ3v) is 4.58. The van der Waals surface area contributed by atoms with Crippen LogP contribution in [0.15, 0.2) is 47.4 Å². The van der Waals surface area contributed by atoms with E-state index in [2.05, 4.69) is 10.0 Å². The molecule has 24 heavy (non-hydrogen) atoms. The van der Waals surface area contributed by atoms with Crippen molar-refractivity contribution in [2.75, 3.05) is 10.0 Å². The number of nitro benzene ring substituents is 1. The number of nitrogens with one attached hydrogen (secondary N) is 2. The number of sulfonamides is 1. The van der Waals surface area contributed by atoms with Crippen LogP contribution in [0, 0.1) is 17.0 Å². The molecule has 2 aromatic carbocycles. The summed E-state index contributed by atoms with van der Waals surface area (Å²) in [6, 6.07) is 8.67. The first-order chi connectivity index (χ1) is 11.2. The van der Waals surface area contributed by atoms with Crippen LogP contribution in [-0.4, -0.2) is 19.4 Å². The van der Waals surface area contributed by atoms with Crippen LogP contribution in [0.4, 0.5) is 21.9 Å². The molecule has 0 aromatic heterocycles. The average molecular weight is 350 g/mol. The molecule has 126 valence electrons. The van der Waals surface area contributed by atoms with Crippen molar-refractivity contribution in [3.05, 3.63) is 58.1 Å². The number of anilines is 2. The lowest BCUT2D eigenvalue weighted by Gasteiger charge is -2.11. The summed E-state index contributed by atoms with van der Waals surface area (Å²) in [6.07, 6.45) is 0. The maximum absolute atomic E-state index is 12.5. The highest BCUT2D eigenvalue weighted by Gasteiger charge is 2.20. The number of primary amides is 1. The van der Waals surface area contributed by atoms with E-state index in [0.29, 0.717) is 11.3 Å². The van der Waals surface area contributed by atoms with Crippen LogP contribution in [0.25, 0.3) is 0 Å². The van der Waals surface area contributed by atoms with Crippen molar-refractivity contribution in [1.29, 1.82) is 0 Å². The lowest BCUT2D eigenvalue weighted by atomic mass is 10.2. The largest absolute Gasteiger partial charge is 0.351 e. The van der Waals surface area contributed by atoms with Gasteiger partial charge in [0.1, 0.15) is 0 Å². The predicted octanol–water partition coefficient (Wildman–Crippen LogP) is 2.19. The number of carbonyl (C=O) groups is 1. The molecule has 2 aromatic rings. The SMILES string of the molecule is Cc1ccc([N+](=O)[O-])cc1S(=O)(=O)Nc1cccc(NC(N)=O)c1. The molecule has 10 heteroatoms. The van der Waals surface area contributed by atoms with E-state index in [0.717, 1.165) is 6.07 Å². The van der Waals surface area contributed by atoms with E-state index in [1.807, 2.05) is 0 Å². The van der Waals surface area contributed by atoms with Crippen LogP contribution in [0.3, 0.4) is 0 Å². The second kappa shape index (κ2) is 6.54. The molecule has 0 aliphatic heterocycles. The highest BCUT2D eigenvalue weighted by atomic mass is 32.2. The Hall–Kier alpha value is -3.14. The first-order valence-corrected chi connectivity index (χ1v) is 8.12. The quantitative estimate of drug-likeness (QED) is 0.559. The second-order valence-electron chi connectivity index (χ2n) is 4.88. The smallest absolute Gasteiger partial charge is 0.316 e. The number of hydrogen-bond acceptors (Lipinski definition) is 5. The van der Waals surface area contributed by atoms with E-state index in [1.54, 1.807) is 0 Å². The molecule has 0 bridgehead atoms. The number of benzene rings is 2. The zero-order valence-corrected chi connectivity index (χ0v) is 13.3. The van der Waals surface area contributed by atoms with Crippen LogP contribution in [0.2, 0.25) is 0 Å². The molecule has 2 amide bonds. The number of nitro groups is 1. The van der Waals surface area contributed by atoms with Gasteiger partial charge in [-0.3, -0.25) is 14.8 Å². The van der Waals surface area contributed by atoms with Crippen LogP contribution >= 0.6 is 0 Å². The van der Waals surface area contributed by atoms with E-state index < -0.39 is 21.0 Å². The zero-order valence-electron chi connectivity index (χ0n) is 12.5. The van der Waals surface area contributed by atoms with Crippen LogP contribution < -0.4 is 15.8 Å². The van der Waals surface area contributed by atoms with E-state index in [4.69, 9.17) is 5.73 Å². The maximum Gasteiger partial charge on any atom is 0.316 e. The molecule has 2 rings (SSSR count). The number of rotatable bonds is 5. The van der Waals surface area contributed by atoms with Crippen molar-refractivity contribution >= 4 is 33.1 Å². The number of hydrogen-bond donors (Lipinski definition) is 3. The fourth-order valence-electron chi connectivity index (χ4n) is 2.00. The molecule has 0 unspecified atom stereocenters. The Labute approximate surface area is 137 Å². The molecule has 9 nitrogen and oxygen atoms in total. The minimum atomic E-state index is -4.04. The molecule has 0 radical (unpaired) electrons. The summed E-state index contributed by atoms with van der Waals surface area (Å²) < 4.78 is 27.3. The van der Waals surface area contributed by atoms with Crippen LogP contribution in [0.1, 0.15) is 5.56 Å². The van der Waals surface area contributed by atoms with Gasteiger partial charge < -0.3 is 11.1 Å². The number of amides is 2. The summed E-state index contributed by atoms with van der Waals surface area (Å²) in [7, 11) is -4.04. The number of non-ortho nitro benzene ring substituents is 1. The minimum Gasteiger partial charge on any atom is -0.351 e. The highest BCUT2D eigenvalue weighted by molar-refractivity contribution is 7.92. The number of carbonyl (C=O) groups excluding carboxylic acids is 1. The summed E-state index contributed by atoms with van der Waals surface area (Å²) in [5.74, 6) is 0. The van der Waals surface area contributed by atoms with Crippen molar-refractivity contribution < 1.29 is 18.1 Å². The van der Waals surface area contributed by atoms with Gasteiger partial charge in [-0.25, -0.2) is 13.2 Å². The standard InChI is InChI=1S/C14H14N4O5S/c1-9-5-6-12(18(20)21)8-13(9)24(22,23)17-11-4-2-3-10(7-11)16-14(15)19/h2-8,17H,1H3,(H3,15,16,19). The Morgan fingerprint density at radius 3 is 2.46 bits per heavy atom. The van der Waals surface area contributed by atoms with E-state index in [9.17, 15) is 23.3 Å². The summed E-state index contributed by atoms with van der Waals surface area (Å²) in [5, 5.41) is 13.2. The fourth-order valence-corrected chi connectivity index (χ4v) is 3.32. The fraction of sp³-hybridized carbons (Fsp3) is 0.0714. The van der Waals surface area contributed by atoms with Gasteiger partial charge in [0.15, 0.2) is 0 Å². The molecule has 4 N–H and O–H groups in total. The Morgan fingerprint density at radius 1 is 1.17 bits per heavy atom. The Morgan fingerprint density at radius 2 is 1.83 bits per heavy atom. The van der Waals surface area contributed by atoms with Gasteiger partial charge in [0.25, 0.3) is 15.7 Å². The van der Waals surface area contributed by atoms with Gasteiger partial charge in [-0.05, 0) is 30.7 Å². The average Bonchev–Trinajstić information content (AvgIpc) is 2.46. The van der Waals surface area contributed by atoms with Crippen molar-refractivity contribution in [1.82, 2.24) is 0 Å². The summed E-state index contributed by atoms with van der Waals surface area (Å²) in [5.41, 5.74) is 5.51. The molecule has 0 aliphatic rings. The van der Waals surface area contributed by atoms with E-state index in [1.165, 1.54) is 43.3 Å². The van der Waals surface area contributed by atoms with Crippen molar-refractivity contribution in [3.63, 3.8) is 0 Å². The zero-order chi connectivity index (χ0) is 17.9. The van der Waals surface area contributed by atoms with Crippen molar-refractivity contribution in [2.24, 2.45) is 5.73 Å². The molecule has 0 aliphatic carbocycles. The Bertz CT molecular complexity index is 911. The minimum absolute atomic E-state index is 0.173. The summed E-state index contributed by atoms with van der Waals surface area (Å²) in [6.45, 7) is 1.53. The second-order valence-corrected chi connectivity index (χ2v) is 6.53. The third kappa shape index (κ3) is 3.98. The van der Waals surface area contributed by atoms with E-state index in [-0.39, 0.29) is 16.3 Å². The normalized spacial score (nSPS) is 10.9. The van der Waals surface area contributed by atoms with Gasteiger partial charge >= 0.3 is 6.03 Å². The van der Waals surface area contributed by atoms with Gasteiger partial charge in [-0.2, -0.15) is 0 Å².